The SMILES string of the molecule is [B]c1c([B])c([B])c(N(c2ccc(-c3ccccc3)cc2)c2cc3c4c(c2)N(c2ccc(C(C)(C)C)cc2)c2c(sc5cc6c(cc25)C(C)(C)CCC6(C)C)B4c2cc4c(cc2N3c2ccc3c(c2)C(C)(C)CCC3(C)C)C(C)(C)CCC4(C)C)c([B])c1[B]. The van der Waals surface area contributed by atoms with Crippen LogP contribution in [0.1, 0.15) is 181 Å². The lowest BCUT2D eigenvalue weighted by atomic mass is 9.35. The van der Waals surface area contributed by atoms with Gasteiger partial charge < -0.3 is 14.7 Å². The van der Waals surface area contributed by atoms with E-state index in [1.165, 1.54) is 76.1 Å². The minimum absolute atomic E-state index is 0.0193. The van der Waals surface area contributed by atoms with E-state index in [0.717, 1.165) is 83.8 Å². The molecule has 0 spiro atoms. The van der Waals surface area contributed by atoms with Crippen LogP contribution in [0.4, 0.5) is 51.2 Å². The zero-order chi connectivity index (χ0) is 62.5. The van der Waals surface area contributed by atoms with Crippen molar-refractivity contribution in [2.24, 2.45) is 0 Å². The second-order valence-electron chi connectivity index (χ2n) is 31.7. The average molecular weight is 1160 g/mol. The molecule has 14 rings (SSSR count). The van der Waals surface area contributed by atoms with Crippen molar-refractivity contribution < 1.29 is 0 Å². The third kappa shape index (κ3) is 8.99. The number of fused-ring (bicyclic) bond motifs is 9. The van der Waals surface area contributed by atoms with E-state index in [4.69, 9.17) is 39.2 Å². The van der Waals surface area contributed by atoms with Crippen LogP contribution in [0.2, 0.25) is 0 Å². The molecule has 0 amide bonds. The highest BCUT2D eigenvalue weighted by Gasteiger charge is 2.50. The normalized spacial score (nSPS) is 18.6. The van der Waals surface area contributed by atoms with Crippen LogP contribution >= 0.6 is 11.3 Å². The Kier molecular flexibility index (Phi) is 13.3. The van der Waals surface area contributed by atoms with Crippen LogP contribution in [0.3, 0.4) is 0 Å². The third-order valence-corrected chi connectivity index (χ3v) is 23.3. The molecular formula is C78H79B6N3S. The number of hydrogen-bond acceptors (Lipinski definition) is 4. The Labute approximate surface area is 536 Å². The summed E-state index contributed by atoms with van der Waals surface area (Å²) < 4.78 is 2.68. The summed E-state index contributed by atoms with van der Waals surface area (Å²) in [6, 6.07) is 51.3. The first-order valence-electron chi connectivity index (χ1n) is 32.1. The lowest BCUT2D eigenvalue weighted by Gasteiger charge is -2.48. The molecule has 2 aliphatic heterocycles. The summed E-state index contributed by atoms with van der Waals surface area (Å²) in [5.41, 5.74) is 24.5. The van der Waals surface area contributed by atoms with Crippen LogP contribution in [-0.4, -0.2) is 45.9 Å². The number of anilines is 9. The zero-order valence-electron chi connectivity index (χ0n) is 54.7. The van der Waals surface area contributed by atoms with Crippen LogP contribution in [0.15, 0.2) is 133 Å². The molecule has 0 fully saturated rings. The fourth-order valence-corrected chi connectivity index (χ4v) is 17.3. The van der Waals surface area contributed by atoms with Crippen LogP contribution in [0, 0.1) is 0 Å². The lowest BCUT2D eigenvalue weighted by Crippen LogP contribution is -2.61. The molecule has 0 saturated carbocycles. The Bertz CT molecular complexity index is 4360. The van der Waals surface area contributed by atoms with E-state index >= 15 is 0 Å². The Morgan fingerprint density at radius 3 is 1.45 bits per heavy atom. The van der Waals surface area contributed by atoms with E-state index in [0.29, 0.717) is 5.69 Å². The van der Waals surface area contributed by atoms with E-state index in [2.05, 4.69) is 252 Å². The van der Waals surface area contributed by atoms with Gasteiger partial charge in [0.2, 0.25) is 0 Å². The van der Waals surface area contributed by atoms with E-state index < -0.39 is 0 Å². The van der Waals surface area contributed by atoms with E-state index in [-0.39, 0.29) is 71.9 Å². The van der Waals surface area contributed by atoms with Gasteiger partial charge in [-0.05, 0) is 204 Å². The minimum Gasteiger partial charge on any atom is -0.312 e. The van der Waals surface area contributed by atoms with E-state index in [1.54, 1.807) is 0 Å². The molecule has 8 aromatic carbocycles. The van der Waals surface area contributed by atoms with Crippen molar-refractivity contribution in [1.82, 2.24) is 0 Å². The third-order valence-electron chi connectivity index (χ3n) is 22.1. The number of thiophene rings is 1. The summed E-state index contributed by atoms with van der Waals surface area (Å²) in [6.45, 7) is 36.2. The highest BCUT2D eigenvalue weighted by atomic mass is 32.1. The van der Waals surface area contributed by atoms with Crippen molar-refractivity contribution >= 4 is 162 Å². The number of rotatable bonds is 6. The average Bonchev–Trinajstić information content (AvgIpc) is 1.21. The number of nitrogens with zero attached hydrogens (tertiary/aromatic N) is 3. The molecule has 0 unspecified atom stereocenters. The Morgan fingerprint density at radius 1 is 0.432 bits per heavy atom. The van der Waals surface area contributed by atoms with Crippen molar-refractivity contribution in [3.63, 3.8) is 0 Å². The van der Waals surface area contributed by atoms with Gasteiger partial charge in [0.15, 0.2) is 0 Å². The molecule has 3 aliphatic carbocycles. The van der Waals surface area contributed by atoms with Gasteiger partial charge in [0.05, 0.1) is 11.4 Å². The molecule has 5 aliphatic rings. The Hall–Kier alpha value is -6.49. The maximum absolute atomic E-state index is 7.37. The van der Waals surface area contributed by atoms with Crippen LogP contribution < -0.4 is 57.7 Å². The maximum atomic E-state index is 7.37. The summed E-state index contributed by atoms with van der Waals surface area (Å²) in [4.78, 5) is 7.45. The van der Waals surface area contributed by atoms with Crippen molar-refractivity contribution in [2.75, 3.05) is 14.7 Å². The smallest absolute Gasteiger partial charge is 0.264 e. The second kappa shape index (κ2) is 19.8. The summed E-state index contributed by atoms with van der Waals surface area (Å²) in [5.74, 6) is 0. The summed E-state index contributed by atoms with van der Waals surface area (Å²) in [5, 5.41) is 1.28. The molecule has 1 aromatic heterocycles. The van der Waals surface area contributed by atoms with Gasteiger partial charge in [-0.25, -0.2) is 0 Å². The van der Waals surface area contributed by atoms with Gasteiger partial charge in [-0.3, -0.25) is 0 Å². The van der Waals surface area contributed by atoms with Gasteiger partial charge in [-0.2, -0.15) is 0 Å². The second-order valence-corrected chi connectivity index (χ2v) is 32.7. The quantitative estimate of drug-likeness (QED) is 0.154. The molecular weight excluding hydrogens is 1080 g/mol. The first kappa shape index (κ1) is 59.1. The first-order valence-corrected chi connectivity index (χ1v) is 32.9. The van der Waals surface area contributed by atoms with Crippen molar-refractivity contribution in [2.45, 2.75) is 180 Å². The molecule has 0 bridgehead atoms. The molecule has 430 valence electrons. The molecule has 88 heavy (non-hydrogen) atoms. The van der Waals surface area contributed by atoms with Gasteiger partial charge in [0.1, 0.15) is 39.2 Å². The molecule has 3 heterocycles. The molecule has 0 atom stereocenters. The van der Waals surface area contributed by atoms with Gasteiger partial charge in [0.25, 0.3) is 6.71 Å². The standard InChI is InChI=1S/C78H79B6N3S/c1-72(2,3)46-23-27-48(28-24-46)87-61-39-50(85(70-66(82)64(80)63(79)65(81)67(70)83)47-25-21-45(22-26-47)44-19-17-16-18-20-44)38-60-68(61)84(71-69(87)51-40-54-57(43-62(51)88-71)78(14,15)36-33-75(54,8)9)58-41-55-56(77(12,13)35-34-76(55,10)11)42-59(58)86(60)49-29-30-52-53(37-49)74(6,7)32-31-73(52,4)5/h16-30,37-43H,31-36H2,1-15H3. The molecule has 10 radical (unpaired) electrons. The van der Waals surface area contributed by atoms with Crippen molar-refractivity contribution in [1.29, 1.82) is 0 Å². The van der Waals surface area contributed by atoms with Crippen LogP contribution in [-0.2, 0) is 37.9 Å². The van der Waals surface area contributed by atoms with Crippen LogP contribution in [0.5, 0.6) is 0 Å². The Morgan fingerprint density at radius 2 is 0.898 bits per heavy atom. The predicted molar refractivity (Wildman–Crippen MR) is 387 cm³/mol. The van der Waals surface area contributed by atoms with Gasteiger partial charge in [0, 0.05) is 54.7 Å². The first-order chi connectivity index (χ1) is 41.3. The fourth-order valence-electron chi connectivity index (χ4n) is 16.0. The zero-order valence-corrected chi connectivity index (χ0v) is 55.5. The lowest BCUT2D eigenvalue weighted by molar-refractivity contribution is 0.332. The molecule has 9 aromatic rings. The summed E-state index contributed by atoms with van der Waals surface area (Å²) in [6.07, 6.45) is 6.69. The number of benzene rings is 8. The van der Waals surface area contributed by atoms with E-state index in [1.807, 2.05) is 11.3 Å². The number of hydrogen-bond donors (Lipinski definition) is 0. The fraction of sp³-hybridized carbons (Fsp3) is 0.359. The molecule has 3 nitrogen and oxygen atoms in total. The maximum Gasteiger partial charge on any atom is 0.264 e. The summed E-state index contributed by atoms with van der Waals surface area (Å²) in [7, 11) is 35.4. The topological polar surface area (TPSA) is 9.72 Å². The molecule has 0 N–H and O–H groups in total. The van der Waals surface area contributed by atoms with Gasteiger partial charge in [-0.1, -0.05) is 182 Å². The van der Waals surface area contributed by atoms with E-state index in [9.17, 15) is 0 Å². The largest absolute Gasteiger partial charge is 0.312 e. The van der Waals surface area contributed by atoms with Crippen molar-refractivity contribution in [3.05, 3.63) is 172 Å². The monoisotopic (exact) mass is 1160 g/mol. The summed E-state index contributed by atoms with van der Waals surface area (Å²) >= 11 is 2.00. The Balaban J connectivity index is 1.17. The predicted octanol–water partition coefficient (Wildman–Crippen LogP) is 14.4. The molecule has 10 heteroatoms. The minimum atomic E-state index is -0.142. The van der Waals surface area contributed by atoms with Gasteiger partial charge >= 0.3 is 0 Å². The molecule has 0 saturated heterocycles. The highest BCUT2D eigenvalue weighted by molar-refractivity contribution is 7.33. The van der Waals surface area contributed by atoms with Crippen molar-refractivity contribution in [3.8, 4) is 11.1 Å². The van der Waals surface area contributed by atoms with Crippen LogP contribution in [0.25, 0.3) is 21.2 Å². The van der Waals surface area contributed by atoms with Gasteiger partial charge in [-0.15, -0.1) is 27.7 Å². The highest BCUT2D eigenvalue weighted by Crippen LogP contribution is 2.57.